The van der Waals surface area contributed by atoms with Crippen LogP contribution in [0, 0.1) is 0 Å². The maximum atomic E-state index is 12.7. The molecule has 0 aliphatic carbocycles. The summed E-state index contributed by atoms with van der Waals surface area (Å²) in [5.74, 6) is -5.86. The van der Waals surface area contributed by atoms with E-state index in [1.807, 2.05) is 0 Å². The molecule has 0 spiro atoms. The minimum Gasteiger partial charge on any atom is -0.205 e. The van der Waals surface area contributed by atoms with E-state index in [0.717, 1.165) is 0 Å². The highest BCUT2D eigenvalue weighted by Crippen LogP contribution is 2.46. The van der Waals surface area contributed by atoms with E-state index in [0.29, 0.717) is 6.08 Å². The predicted octanol–water partition coefficient (Wildman–Crippen LogP) is 4.24. The van der Waals surface area contributed by atoms with E-state index in [-0.39, 0.29) is 5.33 Å². The monoisotopic (exact) mass is 304 g/mol. The molecule has 0 fully saturated rings. The van der Waals surface area contributed by atoms with Crippen LogP contribution in [0.25, 0.3) is 0 Å². The second-order valence-corrected chi connectivity index (χ2v) is 4.71. The Morgan fingerprint density at radius 2 is 1.75 bits per heavy atom. The Morgan fingerprint density at radius 3 is 2.00 bits per heavy atom. The molecule has 0 atom stereocenters. The summed E-state index contributed by atoms with van der Waals surface area (Å²) < 4.78 is 34.8. The minimum atomic E-state index is -4.09. The SMILES string of the molecule is F/C(=C\CBr)C(F)(F)C(Cl)(Cl)Cl. The first kappa shape index (κ1) is 12.9. The summed E-state index contributed by atoms with van der Waals surface area (Å²) >= 11 is 17.3. The lowest BCUT2D eigenvalue weighted by atomic mass is 10.3. The Labute approximate surface area is 90.8 Å². The Kier molecular flexibility index (Phi) is 4.72. The zero-order valence-electron chi connectivity index (χ0n) is 5.43. The van der Waals surface area contributed by atoms with Crippen molar-refractivity contribution in [3.8, 4) is 0 Å². The molecule has 0 aliphatic heterocycles. The van der Waals surface area contributed by atoms with Gasteiger partial charge < -0.3 is 0 Å². The largest absolute Gasteiger partial charge is 0.344 e. The van der Waals surface area contributed by atoms with Crippen molar-refractivity contribution in [2.24, 2.45) is 0 Å². The van der Waals surface area contributed by atoms with Gasteiger partial charge in [0, 0.05) is 5.33 Å². The summed E-state index contributed by atoms with van der Waals surface area (Å²) in [6.07, 6.45) is 0.585. The topological polar surface area (TPSA) is 0 Å². The molecular formula is C5H3BrCl3F3. The molecular weight excluding hydrogens is 303 g/mol. The molecule has 0 bridgehead atoms. The molecule has 0 saturated carbocycles. The Balaban J connectivity index is 4.73. The van der Waals surface area contributed by atoms with Gasteiger partial charge in [-0.2, -0.15) is 8.78 Å². The highest BCUT2D eigenvalue weighted by atomic mass is 79.9. The second-order valence-electron chi connectivity index (χ2n) is 1.78. The molecule has 0 heterocycles. The van der Waals surface area contributed by atoms with Gasteiger partial charge in [-0.25, -0.2) is 4.39 Å². The third-order valence-electron chi connectivity index (χ3n) is 0.912. The van der Waals surface area contributed by atoms with Gasteiger partial charge in [0.05, 0.1) is 0 Å². The quantitative estimate of drug-likeness (QED) is 0.669. The number of rotatable bonds is 2. The van der Waals surface area contributed by atoms with Crippen LogP contribution in [0.3, 0.4) is 0 Å². The van der Waals surface area contributed by atoms with E-state index in [1.165, 1.54) is 0 Å². The van der Waals surface area contributed by atoms with Crippen LogP contribution in [-0.2, 0) is 0 Å². The molecule has 0 amide bonds. The van der Waals surface area contributed by atoms with Crippen molar-refractivity contribution in [3.63, 3.8) is 0 Å². The molecule has 0 saturated heterocycles. The van der Waals surface area contributed by atoms with Gasteiger partial charge in [0.25, 0.3) is 3.79 Å². The fourth-order valence-electron chi connectivity index (χ4n) is 0.331. The van der Waals surface area contributed by atoms with Crippen LogP contribution in [0.4, 0.5) is 13.2 Å². The van der Waals surface area contributed by atoms with Crippen LogP contribution < -0.4 is 0 Å². The van der Waals surface area contributed by atoms with Gasteiger partial charge in [0.2, 0.25) is 0 Å². The van der Waals surface area contributed by atoms with Gasteiger partial charge in [-0.1, -0.05) is 50.7 Å². The Hall–Kier alpha value is 0.880. The number of halogens is 7. The number of hydrogen-bond donors (Lipinski definition) is 0. The molecule has 0 unspecified atom stereocenters. The molecule has 0 aromatic heterocycles. The molecule has 0 aromatic carbocycles. The molecule has 0 radical (unpaired) electrons. The highest BCUT2D eigenvalue weighted by Gasteiger charge is 2.54. The normalized spacial score (nSPS) is 15.1. The molecule has 72 valence electrons. The van der Waals surface area contributed by atoms with E-state index < -0.39 is 15.5 Å². The smallest absolute Gasteiger partial charge is 0.205 e. The molecule has 0 aromatic rings. The number of alkyl halides is 6. The van der Waals surface area contributed by atoms with Gasteiger partial charge in [-0.05, 0) is 6.08 Å². The first-order valence-corrected chi connectivity index (χ1v) is 4.85. The average Bonchev–Trinajstić information content (AvgIpc) is 1.85. The molecule has 12 heavy (non-hydrogen) atoms. The number of allylic oxidation sites excluding steroid dienone is 2. The van der Waals surface area contributed by atoms with Crippen LogP contribution in [-0.4, -0.2) is 15.0 Å². The van der Waals surface area contributed by atoms with Crippen molar-refractivity contribution >= 4 is 50.7 Å². The summed E-state index contributed by atoms with van der Waals surface area (Å²) in [7, 11) is 0. The Bertz CT molecular complexity index is 187. The summed E-state index contributed by atoms with van der Waals surface area (Å²) in [6.45, 7) is 0. The van der Waals surface area contributed by atoms with E-state index >= 15 is 0 Å². The zero-order chi connectivity index (χ0) is 9.99. The predicted molar refractivity (Wildman–Crippen MR) is 48.2 cm³/mol. The van der Waals surface area contributed by atoms with Crippen molar-refractivity contribution in [1.29, 1.82) is 0 Å². The first-order valence-electron chi connectivity index (χ1n) is 2.60. The third kappa shape index (κ3) is 2.98. The van der Waals surface area contributed by atoms with Crippen molar-refractivity contribution in [1.82, 2.24) is 0 Å². The first-order chi connectivity index (χ1) is 5.23. The van der Waals surface area contributed by atoms with Crippen LogP contribution in [0.15, 0.2) is 11.9 Å². The van der Waals surface area contributed by atoms with Gasteiger partial charge >= 0.3 is 5.92 Å². The second kappa shape index (κ2) is 4.40. The summed E-state index contributed by atoms with van der Waals surface area (Å²) in [6, 6.07) is 0. The highest BCUT2D eigenvalue weighted by molar-refractivity contribution is 9.09. The van der Waals surface area contributed by atoms with Crippen molar-refractivity contribution < 1.29 is 13.2 Å². The van der Waals surface area contributed by atoms with E-state index in [1.54, 1.807) is 0 Å². The summed E-state index contributed by atoms with van der Waals surface area (Å²) in [5, 5.41) is -0.0742. The van der Waals surface area contributed by atoms with Crippen molar-refractivity contribution in [2.45, 2.75) is 9.72 Å². The van der Waals surface area contributed by atoms with Crippen molar-refractivity contribution in [2.75, 3.05) is 5.33 Å². The summed E-state index contributed by atoms with van der Waals surface area (Å²) in [5.41, 5.74) is 0. The lowest BCUT2D eigenvalue weighted by Crippen LogP contribution is -2.34. The van der Waals surface area contributed by atoms with Gasteiger partial charge in [0.15, 0.2) is 5.83 Å². The fraction of sp³-hybridized carbons (Fsp3) is 0.600. The lowest BCUT2D eigenvalue weighted by molar-refractivity contribution is 0.0222. The van der Waals surface area contributed by atoms with E-state index in [9.17, 15) is 13.2 Å². The third-order valence-corrected chi connectivity index (χ3v) is 1.95. The van der Waals surface area contributed by atoms with Crippen molar-refractivity contribution in [3.05, 3.63) is 11.9 Å². The van der Waals surface area contributed by atoms with Crippen LogP contribution in [0.1, 0.15) is 0 Å². The number of hydrogen-bond acceptors (Lipinski definition) is 0. The van der Waals surface area contributed by atoms with E-state index in [4.69, 9.17) is 34.8 Å². The molecule has 0 aliphatic rings. The molecule has 0 nitrogen and oxygen atoms in total. The fourth-order valence-corrected chi connectivity index (χ4v) is 0.886. The molecule has 0 rings (SSSR count). The van der Waals surface area contributed by atoms with Crippen LogP contribution >= 0.6 is 50.7 Å². The maximum absolute atomic E-state index is 12.7. The molecule has 0 N–H and O–H groups in total. The van der Waals surface area contributed by atoms with Gasteiger partial charge in [-0.3, -0.25) is 0 Å². The van der Waals surface area contributed by atoms with Gasteiger partial charge in [0.1, 0.15) is 0 Å². The Morgan fingerprint density at radius 1 is 1.33 bits per heavy atom. The zero-order valence-corrected chi connectivity index (χ0v) is 9.28. The van der Waals surface area contributed by atoms with E-state index in [2.05, 4.69) is 15.9 Å². The average molecular weight is 306 g/mol. The van der Waals surface area contributed by atoms with Crippen LogP contribution in [0.5, 0.6) is 0 Å². The van der Waals surface area contributed by atoms with Gasteiger partial charge in [-0.15, -0.1) is 0 Å². The lowest BCUT2D eigenvalue weighted by Gasteiger charge is -2.21. The maximum Gasteiger partial charge on any atom is 0.344 e. The minimum absolute atomic E-state index is 0.0742. The molecule has 7 heteroatoms. The summed E-state index contributed by atoms with van der Waals surface area (Å²) in [4.78, 5) is 0. The van der Waals surface area contributed by atoms with Crippen LogP contribution in [0.2, 0.25) is 0 Å². The standard InChI is InChI=1S/C5H3BrCl3F3/c6-2-1-3(10)4(11,12)5(7,8)9/h1H,2H2/b3-1-.